The molecule has 0 saturated carbocycles. The number of nitrogens with two attached hydrogens (primary N) is 1. The minimum absolute atomic E-state index is 0.191. The number of nitrogens with zero attached hydrogens (tertiary/aromatic N) is 1. The molecule has 1 aromatic carbocycles. The van der Waals surface area contributed by atoms with Gasteiger partial charge >= 0.3 is 0 Å². The Morgan fingerprint density at radius 3 is 3.00 bits per heavy atom. The van der Waals surface area contributed by atoms with Gasteiger partial charge in [0.05, 0.1) is 13.3 Å². The average molecular weight is 218 g/mol. The van der Waals surface area contributed by atoms with E-state index in [0.29, 0.717) is 6.04 Å². The van der Waals surface area contributed by atoms with Crippen molar-refractivity contribution in [2.75, 3.05) is 12.0 Å². The van der Waals surface area contributed by atoms with Crippen LogP contribution in [0.1, 0.15) is 24.8 Å². The molecule has 0 spiro atoms. The highest BCUT2D eigenvalue weighted by atomic mass is 16.5. The van der Waals surface area contributed by atoms with Crippen LogP contribution in [0.25, 0.3) is 0 Å². The number of anilines is 1. The van der Waals surface area contributed by atoms with Crippen LogP contribution in [0, 0.1) is 0 Å². The fourth-order valence-electron chi connectivity index (χ4n) is 3.12. The Hall–Kier alpha value is -1.22. The molecule has 2 N–H and O–H groups in total. The Morgan fingerprint density at radius 1 is 1.31 bits per heavy atom. The maximum Gasteiger partial charge on any atom is 0.124 e. The third kappa shape index (κ3) is 1.31. The lowest BCUT2D eigenvalue weighted by Crippen LogP contribution is -2.44. The van der Waals surface area contributed by atoms with Crippen LogP contribution in [0.4, 0.5) is 5.69 Å². The number of rotatable bonds is 1. The third-order valence-electron chi connectivity index (χ3n) is 3.88. The lowest BCUT2D eigenvalue weighted by atomic mass is 9.96. The summed E-state index contributed by atoms with van der Waals surface area (Å²) >= 11 is 0. The average Bonchev–Trinajstić information content (AvgIpc) is 2.70. The first-order valence-electron chi connectivity index (χ1n) is 6.01. The monoisotopic (exact) mass is 218 g/mol. The fourth-order valence-corrected chi connectivity index (χ4v) is 3.12. The Kier molecular flexibility index (Phi) is 2.28. The van der Waals surface area contributed by atoms with Gasteiger partial charge in [0.2, 0.25) is 0 Å². The Labute approximate surface area is 96.2 Å². The van der Waals surface area contributed by atoms with Gasteiger partial charge < -0.3 is 15.4 Å². The molecular formula is C13H18N2O. The van der Waals surface area contributed by atoms with Gasteiger partial charge in [0.15, 0.2) is 0 Å². The van der Waals surface area contributed by atoms with Gasteiger partial charge in [-0.1, -0.05) is 6.07 Å². The van der Waals surface area contributed by atoms with Gasteiger partial charge in [-0.15, -0.1) is 0 Å². The number of hydrogen-bond acceptors (Lipinski definition) is 3. The first-order valence-corrected chi connectivity index (χ1v) is 6.01. The summed E-state index contributed by atoms with van der Waals surface area (Å²) in [6.45, 7) is 0. The Balaban J connectivity index is 2.08. The second kappa shape index (κ2) is 3.67. The Morgan fingerprint density at radius 2 is 2.19 bits per heavy atom. The van der Waals surface area contributed by atoms with Crippen LogP contribution in [0.5, 0.6) is 5.75 Å². The second-order valence-electron chi connectivity index (χ2n) is 4.70. The summed E-state index contributed by atoms with van der Waals surface area (Å²) in [4.78, 5) is 2.39. The van der Waals surface area contributed by atoms with E-state index in [1.807, 2.05) is 6.07 Å². The van der Waals surface area contributed by atoms with Crippen molar-refractivity contribution < 1.29 is 4.74 Å². The van der Waals surface area contributed by atoms with E-state index in [0.717, 1.165) is 18.6 Å². The van der Waals surface area contributed by atoms with Crippen molar-refractivity contribution in [1.29, 1.82) is 0 Å². The zero-order valence-electron chi connectivity index (χ0n) is 9.65. The van der Waals surface area contributed by atoms with Gasteiger partial charge in [0.25, 0.3) is 0 Å². The molecule has 86 valence electrons. The van der Waals surface area contributed by atoms with E-state index in [1.165, 1.54) is 24.1 Å². The maximum atomic E-state index is 6.18. The smallest absolute Gasteiger partial charge is 0.124 e. The van der Waals surface area contributed by atoms with Crippen molar-refractivity contribution in [3.8, 4) is 5.75 Å². The van der Waals surface area contributed by atoms with E-state index in [4.69, 9.17) is 10.5 Å². The number of benzene rings is 1. The molecule has 1 aromatic rings. The standard InChI is InChI=1S/C13H18N2O/c1-16-12-4-2-3-11-10(12)7-5-9-6-8-13(14)15(9)11/h2-4,9,13H,5-8,14H2,1H3. The van der Waals surface area contributed by atoms with Gasteiger partial charge in [0.1, 0.15) is 5.75 Å². The molecule has 2 aliphatic heterocycles. The molecular weight excluding hydrogens is 200 g/mol. The fraction of sp³-hybridized carbons (Fsp3) is 0.538. The molecule has 0 aromatic heterocycles. The molecule has 0 aliphatic carbocycles. The van der Waals surface area contributed by atoms with Crippen molar-refractivity contribution in [2.24, 2.45) is 5.73 Å². The van der Waals surface area contributed by atoms with E-state index in [2.05, 4.69) is 17.0 Å². The van der Waals surface area contributed by atoms with E-state index < -0.39 is 0 Å². The molecule has 1 saturated heterocycles. The molecule has 2 atom stereocenters. The van der Waals surface area contributed by atoms with E-state index in [1.54, 1.807) is 7.11 Å². The summed E-state index contributed by atoms with van der Waals surface area (Å²) in [5.41, 5.74) is 8.81. The molecule has 3 rings (SSSR count). The minimum Gasteiger partial charge on any atom is -0.496 e. The van der Waals surface area contributed by atoms with E-state index in [9.17, 15) is 0 Å². The molecule has 0 bridgehead atoms. The normalized spacial score (nSPS) is 27.5. The Bertz CT molecular complexity index is 405. The summed E-state index contributed by atoms with van der Waals surface area (Å²) in [5.74, 6) is 1.01. The van der Waals surface area contributed by atoms with Gasteiger partial charge in [0, 0.05) is 17.3 Å². The molecule has 16 heavy (non-hydrogen) atoms. The second-order valence-corrected chi connectivity index (χ2v) is 4.70. The highest BCUT2D eigenvalue weighted by Crippen LogP contribution is 2.41. The molecule has 1 fully saturated rings. The topological polar surface area (TPSA) is 38.5 Å². The van der Waals surface area contributed by atoms with Gasteiger partial charge in [-0.2, -0.15) is 0 Å². The van der Waals surface area contributed by atoms with Gasteiger partial charge in [-0.25, -0.2) is 0 Å². The molecule has 0 radical (unpaired) electrons. The van der Waals surface area contributed by atoms with Crippen molar-refractivity contribution >= 4 is 5.69 Å². The van der Waals surface area contributed by atoms with Crippen LogP contribution in [-0.4, -0.2) is 19.3 Å². The minimum atomic E-state index is 0.191. The van der Waals surface area contributed by atoms with Crippen molar-refractivity contribution in [3.05, 3.63) is 23.8 Å². The predicted molar refractivity (Wildman–Crippen MR) is 64.8 cm³/mol. The van der Waals surface area contributed by atoms with Crippen molar-refractivity contribution in [3.63, 3.8) is 0 Å². The van der Waals surface area contributed by atoms with Crippen molar-refractivity contribution in [2.45, 2.75) is 37.9 Å². The van der Waals surface area contributed by atoms with Crippen LogP contribution in [0.2, 0.25) is 0 Å². The molecule has 2 aliphatic rings. The molecule has 2 heterocycles. The lowest BCUT2D eigenvalue weighted by molar-refractivity contribution is 0.405. The number of hydrogen-bond donors (Lipinski definition) is 1. The summed E-state index contributed by atoms with van der Waals surface area (Å²) < 4.78 is 5.43. The quantitative estimate of drug-likeness (QED) is 0.782. The highest BCUT2D eigenvalue weighted by molar-refractivity contribution is 5.63. The lowest BCUT2D eigenvalue weighted by Gasteiger charge is -2.36. The van der Waals surface area contributed by atoms with Crippen LogP contribution in [0.15, 0.2) is 18.2 Å². The van der Waals surface area contributed by atoms with Crippen LogP contribution in [0.3, 0.4) is 0 Å². The molecule has 2 unspecified atom stereocenters. The van der Waals surface area contributed by atoms with Crippen molar-refractivity contribution in [1.82, 2.24) is 0 Å². The van der Waals surface area contributed by atoms with Crippen LogP contribution < -0.4 is 15.4 Å². The zero-order valence-corrected chi connectivity index (χ0v) is 9.65. The SMILES string of the molecule is COc1cccc2c1CCC1CCC(N)N21. The molecule has 0 amide bonds. The van der Waals surface area contributed by atoms with E-state index in [-0.39, 0.29) is 6.17 Å². The molecule has 3 nitrogen and oxygen atoms in total. The third-order valence-corrected chi connectivity index (χ3v) is 3.88. The summed E-state index contributed by atoms with van der Waals surface area (Å²) in [6.07, 6.45) is 4.86. The first kappa shape index (κ1) is 9.97. The van der Waals surface area contributed by atoms with Gasteiger partial charge in [-0.05, 0) is 37.8 Å². The summed E-state index contributed by atoms with van der Waals surface area (Å²) in [6, 6.07) is 6.93. The van der Waals surface area contributed by atoms with Crippen LogP contribution >= 0.6 is 0 Å². The largest absolute Gasteiger partial charge is 0.496 e. The predicted octanol–water partition coefficient (Wildman–Crippen LogP) is 1.89. The zero-order chi connectivity index (χ0) is 11.1. The molecule has 3 heteroatoms. The highest BCUT2D eigenvalue weighted by Gasteiger charge is 2.35. The summed E-state index contributed by atoms with van der Waals surface area (Å²) in [5, 5.41) is 0. The number of ether oxygens (including phenoxy) is 1. The maximum absolute atomic E-state index is 6.18. The first-order chi connectivity index (χ1) is 7.81. The number of fused-ring (bicyclic) bond motifs is 3. The van der Waals surface area contributed by atoms with Crippen LogP contribution in [-0.2, 0) is 6.42 Å². The summed E-state index contributed by atoms with van der Waals surface area (Å²) in [7, 11) is 1.74. The van der Waals surface area contributed by atoms with Gasteiger partial charge in [-0.3, -0.25) is 0 Å². The van der Waals surface area contributed by atoms with E-state index >= 15 is 0 Å². The number of methoxy groups -OCH3 is 1.